The first-order valence-electron chi connectivity index (χ1n) is 28.8. The van der Waals surface area contributed by atoms with E-state index in [0.717, 1.165) is 31.4 Å². The number of benzene rings is 9. The Morgan fingerprint density at radius 2 is 0.737 bits per heavy atom. The molecule has 12 aromatic rings. The second-order valence-corrected chi connectivity index (χ2v) is 13.3. The molecule has 0 spiro atoms. The Bertz CT molecular complexity index is 4700. The maximum absolute atomic E-state index is 10.3. The second-order valence-electron chi connectivity index (χ2n) is 13.3. The molecule has 0 radical (unpaired) electrons. The molecule has 0 N–H and O–H groups in total. The average Bonchev–Trinajstić information content (AvgIpc) is 4.21. The van der Waals surface area contributed by atoms with Crippen LogP contribution in [0.3, 0.4) is 0 Å². The minimum atomic E-state index is -0.929. The van der Waals surface area contributed by atoms with E-state index in [0.29, 0.717) is 0 Å². The van der Waals surface area contributed by atoms with Gasteiger partial charge in [-0.15, -0.1) is 0 Å². The normalized spacial score (nSPS) is 17.3. The van der Waals surface area contributed by atoms with E-state index in [1.54, 1.807) is 24.3 Å². The lowest BCUT2D eigenvalue weighted by Crippen LogP contribution is -2.00. The van der Waals surface area contributed by atoms with Gasteiger partial charge in [-0.3, -0.25) is 0 Å². The van der Waals surface area contributed by atoms with Crippen molar-refractivity contribution in [2.45, 2.75) is 0 Å². The Balaban J connectivity index is 1.26. The van der Waals surface area contributed by atoms with E-state index >= 15 is 0 Å². The summed E-state index contributed by atoms with van der Waals surface area (Å²) in [5.41, 5.74) is -0.195. The maximum Gasteiger partial charge on any atom is 0.0782 e. The van der Waals surface area contributed by atoms with E-state index in [1.807, 2.05) is 54.6 Å². The number of hydrogen-bond acceptors (Lipinski definition) is 0. The molecule has 9 aromatic carbocycles. The van der Waals surface area contributed by atoms with Gasteiger partial charge in [0.15, 0.2) is 0 Å². The van der Waals surface area contributed by atoms with E-state index < -0.39 is 188 Å². The van der Waals surface area contributed by atoms with Gasteiger partial charge in [-0.05, 0) is 82.7 Å². The number of para-hydroxylation sites is 5. The second kappa shape index (κ2) is 12.5. The zero-order valence-electron chi connectivity index (χ0n) is 51.3. The van der Waals surface area contributed by atoms with Crippen LogP contribution in [0.5, 0.6) is 0 Å². The number of hydrogen-bond donors (Lipinski definition) is 0. The van der Waals surface area contributed by atoms with Crippen LogP contribution in [0.25, 0.3) is 105 Å². The van der Waals surface area contributed by atoms with Gasteiger partial charge in [-0.2, -0.15) is 0 Å². The summed E-state index contributed by atoms with van der Waals surface area (Å²) in [4.78, 5) is 0. The molecule has 0 bridgehead atoms. The first-order chi connectivity index (χ1) is 37.5. The minimum absolute atomic E-state index is 0.196. The molecule has 266 valence electrons. The molecular weight excluding hydrogens is 691 g/mol. The van der Waals surface area contributed by atoms with Crippen molar-refractivity contribution in [3.63, 3.8) is 0 Å². The first kappa shape index (κ1) is 17.0. The van der Waals surface area contributed by atoms with Crippen LogP contribution in [0.2, 0.25) is 0 Å². The molecule has 3 aromatic heterocycles. The summed E-state index contributed by atoms with van der Waals surface area (Å²) >= 11 is 0. The van der Waals surface area contributed by atoms with Crippen molar-refractivity contribution in [2.75, 3.05) is 0 Å². The molecule has 3 nitrogen and oxygen atoms in total. The van der Waals surface area contributed by atoms with Gasteiger partial charge in [-0.1, -0.05) is 151 Å². The summed E-state index contributed by atoms with van der Waals surface area (Å²) in [5.74, 6) is 0. The molecule has 12 rings (SSSR count). The minimum Gasteiger partial charge on any atom is -0.309 e. The third-order valence-electron chi connectivity index (χ3n) is 10.3. The number of rotatable bonds is 5. The van der Waals surface area contributed by atoms with E-state index in [2.05, 4.69) is 0 Å². The molecular formula is C54H35N3. The molecule has 0 atom stereocenters. The van der Waals surface area contributed by atoms with Crippen LogP contribution in [-0.4, -0.2) is 13.7 Å². The van der Waals surface area contributed by atoms with Gasteiger partial charge in [0.1, 0.15) is 0 Å². The monoisotopic (exact) mass is 747 g/mol. The summed E-state index contributed by atoms with van der Waals surface area (Å²) in [6.45, 7) is 0. The van der Waals surface area contributed by atoms with Crippen molar-refractivity contribution in [1.29, 1.82) is 0 Å². The molecule has 0 aliphatic heterocycles. The summed E-state index contributed by atoms with van der Waals surface area (Å²) in [7, 11) is 0. The zero-order chi connectivity index (χ0) is 56.6. The fraction of sp³-hybridized carbons (Fsp3) is 0. The van der Waals surface area contributed by atoms with Gasteiger partial charge in [0.2, 0.25) is 0 Å². The van der Waals surface area contributed by atoms with Crippen molar-refractivity contribution >= 4 is 65.4 Å². The Hall–Kier alpha value is -7.62. The van der Waals surface area contributed by atoms with Gasteiger partial charge in [0.25, 0.3) is 0 Å². The van der Waals surface area contributed by atoms with E-state index in [1.165, 1.54) is 4.57 Å². The van der Waals surface area contributed by atoms with Crippen molar-refractivity contribution in [2.24, 2.45) is 0 Å². The quantitative estimate of drug-likeness (QED) is 0.167. The predicted molar refractivity (Wildman–Crippen MR) is 240 cm³/mol. The van der Waals surface area contributed by atoms with Crippen molar-refractivity contribution < 1.29 is 30.2 Å². The Kier molecular flexibility index (Phi) is 3.72. The highest BCUT2D eigenvalue weighted by Gasteiger charge is 2.21. The Labute approximate surface area is 360 Å². The molecule has 0 saturated heterocycles. The smallest absolute Gasteiger partial charge is 0.0782 e. The van der Waals surface area contributed by atoms with Gasteiger partial charge < -0.3 is 13.7 Å². The molecule has 0 fully saturated rings. The first-order valence-corrected chi connectivity index (χ1v) is 17.8. The third-order valence-corrected chi connectivity index (χ3v) is 10.3. The van der Waals surface area contributed by atoms with Crippen LogP contribution in [0.1, 0.15) is 30.2 Å². The van der Waals surface area contributed by atoms with Gasteiger partial charge in [0, 0.05) is 43.7 Å². The van der Waals surface area contributed by atoms with Crippen molar-refractivity contribution in [3.8, 4) is 39.3 Å². The van der Waals surface area contributed by atoms with Crippen molar-refractivity contribution in [1.82, 2.24) is 13.7 Å². The van der Waals surface area contributed by atoms with Crippen LogP contribution in [0.15, 0.2) is 212 Å². The molecule has 0 aliphatic carbocycles. The Morgan fingerprint density at radius 1 is 0.298 bits per heavy atom. The fourth-order valence-electron chi connectivity index (χ4n) is 7.75. The predicted octanol–water partition coefficient (Wildman–Crippen LogP) is 14.3. The van der Waals surface area contributed by atoms with Crippen molar-refractivity contribution in [3.05, 3.63) is 212 Å². The topological polar surface area (TPSA) is 14.8 Å². The summed E-state index contributed by atoms with van der Waals surface area (Å²) < 4.78 is 206. The maximum atomic E-state index is 10.3. The van der Waals surface area contributed by atoms with Crippen LogP contribution in [0.4, 0.5) is 0 Å². The average molecular weight is 748 g/mol. The highest BCUT2D eigenvalue weighted by Crippen LogP contribution is 2.41. The van der Waals surface area contributed by atoms with Crippen LogP contribution in [0, 0.1) is 0 Å². The summed E-state index contributed by atoms with van der Waals surface area (Å²) in [6.07, 6.45) is 0. The number of fused-ring (bicyclic) bond motifs is 9. The van der Waals surface area contributed by atoms with E-state index in [9.17, 15) is 16.4 Å². The molecule has 0 aliphatic rings. The van der Waals surface area contributed by atoms with Crippen LogP contribution < -0.4 is 0 Å². The number of aromatic nitrogens is 3. The van der Waals surface area contributed by atoms with Crippen LogP contribution in [-0.2, 0) is 0 Å². The summed E-state index contributed by atoms with van der Waals surface area (Å²) in [5, 5.41) is -2.50. The molecule has 0 amide bonds. The van der Waals surface area contributed by atoms with Gasteiger partial charge in [-0.25, -0.2) is 0 Å². The fourth-order valence-corrected chi connectivity index (χ4v) is 7.75. The summed E-state index contributed by atoms with van der Waals surface area (Å²) in [6, 6.07) is 7.07. The third kappa shape index (κ3) is 4.79. The van der Waals surface area contributed by atoms with E-state index in [4.69, 9.17) is 13.7 Å². The number of nitrogens with zero attached hydrogens (tertiary/aromatic N) is 3. The molecule has 57 heavy (non-hydrogen) atoms. The molecule has 0 unspecified atom stereocenters. The molecule has 3 heteroatoms. The lowest BCUT2D eigenvalue weighted by molar-refractivity contribution is 1.13. The largest absolute Gasteiger partial charge is 0.309 e. The standard InChI is InChI=1S/C54H35N3/c1-2-13-36(14-3-1)37-25-27-38(28-26-37)39-29-31-40(32-30-39)55-48-20-8-7-18-45(48)47-35-41(33-34-52(47)55)56-49-21-9-6-17-44(49)46-19-12-24-53(54(46)56)57-50-22-10-4-15-42(50)43-16-5-11-23-51(43)57/h1-35H/i4D,5D,6D,7D,8D,9D,10D,11D,12D,15D,16D,17D,18D,19D,20D,21D,22D,23D,24D,33D,34D,35D. The lowest BCUT2D eigenvalue weighted by Gasteiger charge is -2.15. The van der Waals surface area contributed by atoms with Gasteiger partial charge >= 0.3 is 0 Å². The SMILES string of the molecule is [2H]c1c([2H])c([2H])c2c(c1[2H])c1c([2H])c(-n3c4c([2H])c([2H])c([2H])c([2H])c4c4c([2H])c([2H])c([2H])c(-n5c6c([2H])c([2H])c([2H])c([2H])c6c6c([2H])c([2H])c([2H])c([2H])c65)c43)c([2H])c([2H])c1n2-c1ccc(-c2ccc(-c3ccccc3)cc2)cc1. The molecule has 0 saturated carbocycles. The Morgan fingerprint density at radius 3 is 1.33 bits per heavy atom. The molecule has 3 heterocycles. The zero-order valence-corrected chi connectivity index (χ0v) is 29.3. The van der Waals surface area contributed by atoms with E-state index in [-0.39, 0.29) is 27.5 Å². The van der Waals surface area contributed by atoms with Crippen LogP contribution >= 0.6 is 0 Å². The highest BCUT2D eigenvalue weighted by molar-refractivity contribution is 6.16. The van der Waals surface area contributed by atoms with Gasteiger partial charge in [0.05, 0.1) is 68.9 Å². The highest BCUT2D eigenvalue weighted by atomic mass is 15.1. The lowest BCUT2D eigenvalue weighted by atomic mass is 10.0.